The molecule has 0 aromatic rings. The van der Waals surface area contributed by atoms with Crippen molar-refractivity contribution in [2.75, 3.05) is 19.6 Å². The molecule has 1 aliphatic rings. The minimum Gasteiger partial charge on any atom is -0.323 e. The molecular weight excluding hydrogens is 181 g/mol. The van der Waals surface area contributed by atoms with Gasteiger partial charge in [-0.1, -0.05) is 13.8 Å². The molecule has 0 radical (unpaired) electrons. The summed E-state index contributed by atoms with van der Waals surface area (Å²) in [4.78, 5) is 1.33. The van der Waals surface area contributed by atoms with Crippen molar-refractivity contribution in [2.45, 2.75) is 25.6 Å². The van der Waals surface area contributed by atoms with Gasteiger partial charge in [0.15, 0.2) is 0 Å². The summed E-state index contributed by atoms with van der Waals surface area (Å²) in [6.07, 6.45) is -4.10. The molecule has 0 amide bonds. The molecule has 1 rings (SSSR count). The van der Waals surface area contributed by atoms with Crippen molar-refractivity contribution in [3.63, 3.8) is 0 Å². The van der Waals surface area contributed by atoms with E-state index in [-0.39, 0.29) is 5.92 Å². The number of alkyl halides is 3. The topological polar surface area (TPSA) is 29.3 Å². The van der Waals surface area contributed by atoms with Gasteiger partial charge in [-0.25, -0.2) is 0 Å². The Morgan fingerprint density at radius 1 is 1.38 bits per heavy atom. The number of rotatable bonds is 2. The Kier molecular flexibility index (Phi) is 2.60. The fourth-order valence-electron chi connectivity index (χ4n) is 1.52. The molecule has 2 N–H and O–H groups in total. The largest absolute Gasteiger partial charge is 0.401 e. The summed E-state index contributed by atoms with van der Waals surface area (Å²) < 4.78 is 35.7. The first-order chi connectivity index (χ1) is 5.73. The molecule has 0 unspecified atom stereocenters. The van der Waals surface area contributed by atoms with E-state index in [1.807, 2.05) is 13.8 Å². The van der Waals surface area contributed by atoms with E-state index in [0.717, 1.165) is 0 Å². The van der Waals surface area contributed by atoms with E-state index in [0.29, 0.717) is 13.1 Å². The normalized spacial score (nSPS) is 23.3. The molecule has 1 aliphatic heterocycles. The van der Waals surface area contributed by atoms with Gasteiger partial charge in [0.25, 0.3) is 0 Å². The highest BCUT2D eigenvalue weighted by atomic mass is 19.4. The number of nitrogens with zero attached hydrogens (tertiary/aromatic N) is 1. The molecule has 0 spiro atoms. The lowest BCUT2D eigenvalue weighted by Crippen LogP contribution is -2.70. The van der Waals surface area contributed by atoms with Gasteiger partial charge >= 0.3 is 6.18 Å². The van der Waals surface area contributed by atoms with Crippen molar-refractivity contribution in [3.8, 4) is 0 Å². The quantitative estimate of drug-likeness (QED) is 0.719. The summed E-state index contributed by atoms with van der Waals surface area (Å²) >= 11 is 0. The zero-order valence-corrected chi connectivity index (χ0v) is 7.86. The lowest BCUT2D eigenvalue weighted by molar-refractivity contribution is -0.163. The van der Waals surface area contributed by atoms with Crippen LogP contribution < -0.4 is 5.73 Å². The third-order valence-electron chi connectivity index (χ3n) is 2.59. The van der Waals surface area contributed by atoms with Crippen molar-refractivity contribution in [3.05, 3.63) is 0 Å². The molecule has 0 aromatic heterocycles. The highest BCUT2D eigenvalue weighted by molar-refractivity contribution is 5.02. The average molecular weight is 196 g/mol. The molecule has 0 saturated carbocycles. The Hall–Kier alpha value is -0.290. The van der Waals surface area contributed by atoms with Gasteiger partial charge in [-0.2, -0.15) is 13.2 Å². The zero-order valence-electron chi connectivity index (χ0n) is 7.86. The van der Waals surface area contributed by atoms with E-state index in [9.17, 15) is 13.2 Å². The number of likely N-dealkylation sites (tertiary alicyclic amines) is 1. The summed E-state index contributed by atoms with van der Waals surface area (Å²) in [7, 11) is 0. The number of nitrogens with two attached hydrogens (primary N) is 1. The zero-order chi connectivity index (χ0) is 10.3. The maximum atomic E-state index is 11.9. The van der Waals surface area contributed by atoms with Crippen molar-refractivity contribution >= 4 is 0 Å². The van der Waals surface area contributed by atoms with E-state index in [2.05, 4.69) is 0 Å². The van der Waals surface area contributed by atoms with Crippen LogP contribution in [-0.2, 0) is 0 Å². The summed E-state index contributed by atoms with van der Waals surface area (Å²) in [5.41, 5.74) is 5.43. The molecule has 13 heavy (non-hydrogen) atoms. The third-order valence-corrected chi connectivity index (χ3v) is 2.59. The van der Waals surface area contributed by atoms with Crippen molar-refractivity contribution in [1.29, 1.82) is 0 Å². The Morgan fingerprint density at radius 3 is 2.15 bits per heavy atom. The molecule has 0 atom stereocenters. The molecule has 0 aliphatic carbocycles. The smallest absolute Gasteiger partial charge is 0.323 e. The van der Waals surface area contributed by atoms with Crippen LogP contribution in [0.4, 0.5) is 13.2 Å². The van der Waals surface area contributed by atoms with E-state index in [1.165, 1.54) is 4.90 Å². The summed E-state index contributed by atoms with van der Waals surface area (Å²) in [6, 6.07) is 0. The van der Waals surface area contributed by atoms with E-state index in [1.54, 1.807) is 0 Å². The van der Waals surface area contributed by atoms with E-state index in [4.69, 9.17) is 5.73 Å². The standard InChI is InChI=1S/C8H15F3N2/c1-6(2)7(12)3-13(4-7)5-8(9,10)11/h6H,3-5,12H2,1-2H3. The monoisotopic (exact) mass is 196 g/mol. The Balaban J connectivity index is 2.33. The second-order valence-corrected chi connectivity index (χ2v) is 4.15. The molecule has 1 fully saturated rings. The lowest BCUT2D eigenvalue weighted by Gasteiger charge is -2.50. The fourth-order valence-corrected chi connectivity index (χ4v) is 1.52. The van der Waals surface area contributed by atoms with Gasteiger partial charge in [-0.3, -0.25) is 4.90 Å². The molecule has 5 heteroatoms. The van der Waals surface area contributed by atoms with Crippen molar-refractivity contribution in [2.24, 2.45) is 11.7 Å². The molecule has 0 aromatic carbocycles. The number of hydrogen-bond acceptors (Lipinski definition) is 2. The van der Waals surface area contributed by atoms with Crippen LogP contribution in [0.2, 0.25) is 0 Å². The van der Waals surface area contributed by atoms with Gasteiger partial charge in [0.05, 0.1) is 6.54 Å². The molecule has 2 nitrogen and oxygen atoms in total. The van der Waals surface area contributed by atoms with Crippen LogP contribution in [0.15, 0.2) is 0 Å². The number of halogens is 3. The van der Waals surface area contributed by atoms with Gasteiger partial charge in [-0.05, 0) is 5.92 Å². The minimum absolute atomic E-state index is 0.233. The molecule has 1 heterocycles. The first-order valence-corrected chi connectivity index (χ1v) is 4.31. The minimum atomic E-state index is -4.10. The van der Waals surface area contributed by atoms with Crippen LogP contribution in [0.25, 0.3) is 0 Å². The highest BCUT2D eigenvalue weighted by Gasteiger charge is 2.45. The first-order valence-electron chi connectivity index (χ1n) is 4.31. The van der Waals surface area contributed by atoms with Gasteiger partial charge in [0.1, 0.15) is 0 Å². The van der Waals surface area contributed by atoms with Crippen LogP contribution >= 0.6 is 0 Å². The van der Waals surface area contributed by atoms with E-state index < -0.39 is 18.3 Å². The lowest BCUT2D eigenvalue weighted by atomic mass is 9.80. The predicted molar refractivity (Wildman–Crippen MR) is 44.3 cm³/mol. The van der Waals surface area contributed by atoms with Gasteiger partial charge < -0.3 is 5.73 Å². The fraction of sp³-hybridized carbons (Fsp3) is 1.00. The molecular formula is C8H15F3N2. The predicted octanol–water partition coefficient (Wildman–Crippen LogP) is 1.22. The second kappa shape index (κ2) is 3.13. The van der Waals surface area contributed by atoms with Crippen LogP contribution in [0.3, 0.4) is 0 Å². The molecule has 0 bridgehead atoms. The second-order valence-electron chi connectivity index (χ2n) is 4.15. The molecule has 1 saturated heterocycles. The van der Waals surface area contributed by atoms with Crippen LogP contribution in [0, 0.1) is 5.92 Å². The van der Waals surface area contributed by atoms with Gasteiger partial charge in [0, 0.05) is 18.6 Å². The maximum absolute atomic E-state index is 11.9. The summed E-state index contributed by atoms with van der Waals surface area (Å²) in [5, 5.41) is 0. The Morgan fingerprint density at radius 2 is 1.85 bits per heavy atom. The van der Waals surface area contributed by atoms with Crippen LogP contribution in [-0.4, -0.2) is 36.2 Å². The van der Waals surface area contributed by atoms with Crippen LogP contribution in [0.1, 0.15) is 13.8 Å². The van der Waals surface area contributed by atoms with Crippen molar-refractivity contribution in [1.82, 2.24) is 4.90 Å². The van der Waals surface area contributed by atoms with Crippen LogP contribution in [0.5, 0.6) is 0 Å². The summed E-state index contributed by atoms with van der Waals surface area (Å²) in [6.45, 7) is 3.74. The van der Waals surface area contributed by atoms with Gasteiger partial charge in [-0.15, -0.1) is 0 Å². The van der Waals surface area contributed by atoms with Gasteiger partial charge in [0.2, 0.25) is 0 Å². The third kappa shape index (κ3) is 2.57. The Bertz CT molecular complexity index is 182. The maximum Gasteiger partial charge on any atom is 0.401 e. The van der Waals surface area contributed by atoms with E-state index >= 15 is 0 Å². The average Bonchev–Trinajstić information content (AvgIpc) is 1.79. The number of hydrogen-bond donors (Lipinski definition) is 1. The highest BCUT2D eigenvalue weighted by Crippen LogP contribution is 2.29. The van der Waals surface area contributed by atoms with Crippen molar-refractivity contribution < 1.29 is 13.2 Å². The SMILES string of the molecule is CC(C)C1(N)CN(CC(F)(F)F)C1. The molecule has 78 valence electrons. The summed E-state index contributed by atoms with van der Waals surface area (Å²) in [5.74, 6) is 0.233. The first kappa shape index (κ1) is 10.8. The Labute approximate surface area is 75.9 Å².